The van der Waals surface area contributed by atoms with Gasteiger partial charge in [-0.25, -0.2) is 0 Å². The van der Waals surface area contributed by atoms with E-state index in [0.29, 0.717) is 6.04 Å². The average molecular weight is 258 g/mol. The van der Waals surface area contributed by atoms with E-state index in [1.165, 1.54) is 0 Å². The van der Waals surface area contributed by atoms with Crippen LogP contribution >= 0.6 is 12.4 Å². The maximum absolute atomic E-state index is 12.3. The van der Waals surface area contributed by atoms with Crippen molar-refractivity contribution in [2.24, 2.45) is 7.05 Å². The van der Waals surface area contributed by atoms with E-state index < -0.39 is 0 Å². The lowest BCUT2D eigenvalue weighted by molar-refractivity contribution is 0.0699. The fourth-order valence-electron chi connectivity index (χ4n) is 2.11. The topological polar surface area (TPSA) is 37.3 Å². The van der Waals surface area contributed by atoms with Gasteiger partial charge < -0.3 is 14.8 Å². The standard InChI is InChI=1S/C12H19N3O.ClH/c1-9-8-15(7-6-13-9)12(16)11-5-4-10(2)14(11)3;/h4-5,9,13H,6-8H2,1-3H3;1H/t9-;/m1./s1. The molecule has 0 bridgehead atoms. The van der Waals surface area contributed by atoms with E-state index in [4.69, 9.17) is 0 Å². The van der Waals surface area contributed by atoms with Crippen LogP contribution in [-0.2, 0) is 7.05 Å². The number of aromatic nitrogens is 1. The highest BCUT2D eigenvalue weighted by atomic mass is 35.5. The summed E-state index contributed by atoms with van der Waals surface area (Å²) in [6.45, 7) is 6.60. The lowest BCUT2D eigenvalue weighted by Crippen LogP contribution is -2.51. The molecule has 1 aromatic heterocycles. The zero-order valence-electron chi connectivity index (χ0n) is 10.6. The van der Waals surface area contributed by atoms with Crippen molar-refractivity contribution in [1.82, 2.24) is 14.8 Å². The van der Waals surface area contributed by atoms with Crippen LogP contribution in [0.25, 0.3) is 0 Å². The molecule has 1 atom stereocenters. The largest absolute Gasteiger partial charge is 0.344 e. The van der Waals surface area contributed by atoms with Crippen LogP contribution in [0.1, 0.15) is 23.1 Å². The van der Waals surface area contributed by atoms with E-state index in [0.717, 1.165) is 31.0 Å². The summed E-state index contributed by atoms with van der Waals surface area (Å²) in [4.78, 5) is 14.2. The van der Waals surface area contributed by atoms with E-state index in [1.54, 1.807) is 0 Å². The van der Waals surface area contributed by atoms with Gasteiger partial charge in [-0.2, -0.15) is 0 Å². The average Bonchev–Trinajstić information content (AvgIpc) is 2.59. The first-order chi connectivity index (χ1) is 7.59. The summed E-state index contributed by atoms with van der Waals surface area (Å²) < 4.78 is 1.95. The van der Waals surface area contributed by atoms with E-state index in [1.807, 2.05) is 35.6 Å². The van der Waals surface area contributed by atoms with Crippen LogP contribution in [0.4, 0.5) is 0 Å². The smallest absolute Gasteiger partial charge is 0.270 e. The number of amides is 1. The molecular weight excluding hydrogens is 238 g/mol. The zero-order chi connectivity index (χ0) is 11.7. The molecule has 1 aliphatic heterocycles. The molecule has 0 aliphatic carbocycles. The molecule has 2 rings (SSSR count). The number of nitrogens with zero attached hydrogens (tertiary/aromatic N) is 2. The number of hydrogen-bond donors (Lipinski definition) is 1. The number of aryl methyl sites for hydroxylation is 1. The van der Waals surface area contributed by atoms with Crippen molar-refractivity contribution in [3.63, 3.8) is 0 Å². The Labute approximate surface area is 108 Å². The first kappa shape index (κ1) is 14.1. The highest BCUT2D eigenvalue weighted by molar-refractivity contribution is 5.93. The van der Waals surface area contributed by atoms with Gasteiger partial charge in [-0.15, -0.1) is 12.4 Å². The molecule has 2 heterocycles. The summed E-state index contributed by atoms with van der Waals surface area (Å²) in [6.07, 6.45) is 0. The summed E-state index contributed by atoms with van der Waals surface area (Å²) in [6, 6.07) is 4.28. The molecule has 1 saturated heterocycles. The van der Waals surface area contributed by atoms with E-state index in [9.17, 15) is 4.79 Å². The van der Waals surface area contributed by atoms with Crippen molar-refractivity contribution in [2.75, 3.05) is 19.6 Å². The summed E-state index contributed by atoms with van der Waals surface area (Å²) in [5.74, 6) is 0.143. The van der Waals surface area contributed by atoms with Gasteiger partial charge in [0, 0.05) is 38.4 Å². The van der Waals surface area contributed by atoms with Crippen molar-refractivity contribution in [3.8, 4) is 0 Å². The molecule has 1 fully saturated rings. The molecule has 1 N–H and O–H groups in total. The van der Waals surface area contributed by atoms with Gasteiger partial charge in [0.15, 0.2) is 0 Å². The fourth-order valence-corrected chi connectivity index (χ4v) is 2.11. The molecule has 96 valence electrons. The second-order valence-corrected chi connectivity index (χ2v) is 4.53. The maximum atomic E-state index is 12.3. The Morgan fingerprint density at radius 2 is 2.18 bits per heavy atom. The third-order valence-corrected chi connectivity index (χ3v) is 3.25. The van der Waals surface area contributed by atoms with Crippen LogP contribution in [0, 0.1) is 6.92 Å². The van der Waals surface area contributed by atoms with Gasteiger partial charge >= 0.3 is 0 Å². The number of nitrogens with one attached hydrogen (secondary N) is 1. The van der Waals surface area contributed by atoms with Gasteiger partial charge in [0.1, 0.15) is 5.69 Å². The highest BCUT2D eigenvalue weighted by Gasteiger charge is 2.23. The van der Waals surface area contributed by atoms with Crippen molar-refractivity contribution in [3.05, 3.63) is 23.5 Å². The maximum Gasteiger partial charge on any atom is 0.270 e. The second kappa shape index (κ2) is 5.56. The van der Waals surface area contributed by atoms with Crippen LogP contribution in [0.2, 0.25) is 0 Å². The Morgan fingerprint density at radius 3 is 2.71 bits per heavy atom. The minimum absolute atomic E-state index is 0. The molecule has 17 heavy (non-hydrogen) atoms. The molecule has 1 amide bonds. The first-order valence-corrected chi connectivity index (χ1v) is 5.74. The lowest BCUT2D eigenvalue weighted by atomic mass is 10.2. The van der Waals surface area contributed by atoms with E-state index in [2.05, 4.69) is 12.2 Å². The molecule has 0 radical (unpaired) electrons. The molecule has 0 aromatic carbocycles. The minimum Gasteiger partial charge on any atom is -0.344 e. The van der Waals surface area contributed by atoms with Gasteiger partial charge in [-0.3, -0.25) is 4.79 Å². The Bertz CT molecular complexity index is 402. The summed E-state index contributed by atoms with van der Waals surface area (Å²) in [5.41, 5.74) is 1.90. The summed E-state index contributed by atoms with van der Waals surface area (Å²) >= 11 is 0. The molecule has 0 spiro atoms. The van der Waals surface area contributed by atoms with Crippen molar-refractivity contribution < 1.29 is 4.79 Å². The van der Waals surface area contributed by atoms with Crippen LogP contribution < -0.4 is 5.32 Å². The van der Waals surface area contributed by atoms with E-state index in [-0.39, 0.29) is 18.3 Å². The van der Waals surface area contributed by atoms with Gasteiger partial charge in [0.05, 0.1) is 0 Å². The van der Waals surface area contributed by atoms with Crippen LogP contribution in [-0.4, -0.2) is 41.1 Å². The Hall–Kier alpha value is -1.00. The number of hydrogen-bond acceptors (Lipinski definition) is 2. The van der Waals surface area contributed by atoms with Gasteiger partial charge in [0.25, 0.3) is 5.91 Å². The van der Waals surface area contributed by atoms with Crippen LogP contribution in [0.15, 0.2) is 12.1 Å². The third-order valence-electron chi connectivity index (χ3n) is 3.25. The van der Waals surface area contributed by atoms with Crippen molar-refractivity contribution in [2.45, 2.75) is 19.9 Å². The summed E-state index contributed by atoms with van der Waals surface area (Å²) in [7, 11) is 1.94. The SMILES string of the molecule is Cc1ccc(C(=O)N2CCN[C@H](C)C2)n1C.Cl. The van der Waals surface area contributed by atoms with Crippen LogP contribution in [0.5, 0.6) is 0 Å². The zero-order valence-corrected chi connectivity index (χ0v) is 11.4. The number of halogens is 1. The quantitative estimate of drug-likeness (QED) is 0.821. The molecule has 5 heteroatoms. The lowest BCUT2D eigenvalue weighted by Gasteiger charge is -2.32. The predicted octanol–water partition coefficient (Wildman–Crippen LogP) is 1.19. The molecule has 4 nitrogen and oxygen atoms in total. The van der Waals surface area contributed by atoms with Gasteiger partial charge in [-0.1, -0.05) is 0 Å². The number of piperazine rings is 1. The van der Waals surface area contributed by atoms with Gasteiger partial charge in [0.2, 0.25) is 0 Å². The minimum atomic E-state index is 0. The molecule has 0 unspecified atom stereocenters. The number of carbonyl (C=O) groups is 1. The molecule has 1 aromatic rings. The second-order valence-electron chi connectivity index (χ2n) is 4.53. The highest BCUT2D eigenvalue weighted by Crippen LogP contribution is 2.10. The van der Waals surface area contributed by atoms with E-state index >= 15 is 0 Å². The first-order valence-electron chi connectivity index (χ1n) is 5.74. The third kappa shape index (κ3) is 2.82. The van der Waals surface area contributed by atoms with Crippen LogP contribution in [0.3, 0.4) is 0 Å². The predicted molar refractivity (Wildman–Crippen MR) is 70.8 cm³/mol. The number of carbonyl (C=O) groups excluding carboxylic acids is 1. The Kier molecular flexibility index (Phi) is 4.60. The monoisotopic (exact) mass is 257 g/mol. The Morgan fingerprint density at radius 1 is 1.47 bits per heavy atom. The van der Waals surface area contributed by atoms with Crippen molar-refractivity contribution in [1.29, 1.82) is 0 Å². The molecular formula is C12H20ClN3O. The van der Waals surface area contributed by atoms with Crippen molar-refractivity contribution >= 4 is 18.3 Å². The summed E-state index contributed by atoms with van der Waals surface area (Å²) in [5, 5.41) is 3.34. The fraction of sp³-hybridized carbons (Fsp3) is 0.583. The van der Waals surface area contributed by atoms with Gasteiger partial charge in [-0.05, 0) is 26.0 Å². The normalized spacial score (nSPS) is 19.9. The molecule has 1 aliphatic rings. The molecule has 0 saturated carbocycles. The Balaban J connectivity index is 0.00000144. The number of rotatable bonds is 1.